The van der Waals surface area contributed by atoms with Gasteiger partial charge in [-0.3, -0.25) is 0 Å². The van der Waals surface area contributed by atoms with Gasteiger partial charge >= 0.3 is 5.97 Å². The van der Waals surface area contributed by atoms with E-state index in [4.69, 9.17) is 4.74 Å². The van der Waals surface area contributed by atoms with Crippen LogP contribution >= 0.6 is 0 Å². The van der Waals surface area contributed by atoms with Crippen LogP contribution in [0.4, 0.5) is 0 Å². The van der Waals surface area contributed by atoms with Crippen LogP contribution in [0, 0.1) is 0 Å². The molecular weight excluding hydrogens is 300 g/mol. The lowest BCUT2D eigenvalue weighted by molar-refractivity contribution is 0.0696. The van der Waals surface area contributed by atoms with Crippen molar-refractivity contribution in [2.75, 3.05) is 0 Å². The van der Waals surface area contributed by atoms with Gasteiger partial charge in [0.15, 0.2) is 0 Å². The monoisotopic (exact) mass is 314 g/mol. The summed E-state index contributed by atoms with van der Waals surface area (Å²) in [5.74, 6) is -0.00882. The highest BCUT2D eigenvalue weighted by molar-refractivity contribution is 6.06. The molecule has 1 N–H and O–H groups in total. The minimum atomic E-state index is -0.998. The van der Waals surface area contributed by atoms with Crippen LogP contribution in [-0.2, 0) is 0 Å². The van der Waals surface area contributed by atoms with Gasteiger partial charge in [0.05, 0.1) is 0 Å². The number of hydrogen-bond donors (Lipinski definition) is 1. The Kier molecular flexibility index (Phi) is 3.39. The van der Waals surface area contributed by atoms with E-state index in [0.717, 1.165) is 16.2 Å². The molecule has 0 unspecified atom stereocenters. The molecule has 3 nitrogen and oxygen atoms in total. The quantitative estimate of drug-likeness (QED) is 0.544. The molecule has 4 aromatic carbocycles. The predicted octanol–water partition coefficient (Wildman–Crippen LogP) is 5.48. The first-order valence-electron chi connectivity index (χ1n) is 7.65. The summed E-state index contributed by atoms with van der Waals surface area (Å²) in [6.45, 7) is 0. The van der Waals surface area contributed by atoms with Crippen LogP contribution in [0.15, 0.2) is 78.9 Å². The molecule has 4 aromatic rings. The fourth-order valence-corrected chi connectivity index (χ4v) is 2.96. The highest BCUT2D eigenvalue weighted by Gasteiger charge is 2.16. The molecule has 0 amide bonds. The zero-order chi connectivity index (χ0) is 16.5. The van der Waals surface area contributed by atoms with Crippen molar-refractivity contribution >= 4 is 27.5 Å². The Morgan fingerprint density at radius 1 is 0.667 bits per heavy atom. The molecule has 4 rings (SSSR count). The van der Waals surface area contributed by atoms with Crippen LogP contribution in [0.25, 0.3) is 21.5 Å². The normalized spacial score (nSPS) is 10.8. The van der Waals surface area contributed by atoms with Crippen LogP contribution in [0.3, 0.4) is 0 Å². The molecule has 0 spiro atoms. The van der Waals surface area contributed by atoms with Crippen molar-refractivity contribution in [3.8, 4) is 11.5 Å². The fourth-order valence-electron chi connectivity index (χ4n) is 2.96. The van der Waals surface area contributed by atoms with E-state index in [9.17, 15) is 9.90 Å². The number of ether oxygens (including phenoxy) is 1. The number of benzene rings is 4. The maximum atomic E-state index is 11.8. The average Bonchev–Trinajstić information content (AvgIpc) is 2.61. The van der Waals surface area contributed by atoms with Crippen LogP contribution in [-0.4, -0.2) is 11.1 Å². The molecule has 0 saturated heterocycles. The summed E-state index contributed by atoms with van der Waals surface area (Å²) in [5, 5.41) is 13.2. The predicted molar refractivity (Wildman–Crippen MR) is 94.9 cm³/mol. The summed E-state index contributed by atoms with van der Waals surface area (Å²) < 4.78 is 6.01. The Balaban J connectivity index is 1.90. The van der Waals surface area contributed by atoms with Crippen molar-refractivity contribution < 1.29 is 14.6 Å². The third-order valence-corrected chi connectivity index (χ3v) is 4.07. The fraction of sp³-hybridized carbons (Fsp3) is 0. The summed E-state index contributed by atoms with van der Waals surface area (Å²) in [6.07, 6.45) is 0. The van der Waals surface area contributed by atoms with E-state index in [1.165, 1.54) is 0 Å². The van der Waals surface area contributed by atoms with Crippen LogP contribution < -0.4 is 4.74 Å². The maximum Gasteiger partial charge on any atom is 0.340 e. The molecule has 0 bridgehead atoms. The molecule has 0 fully saturated rings. The Morgan fingerprint density at radius 2 is 1.29 bits per heavy atom. The van der Waals surface area contributed by atoms with Gasteiger partial charge in [-0.25, -0.2) is 4.79 Å². The van der Waals surface area contributed by atoms with Crippen molar-refractivity contribution in [2.24, 2.45) is 0 Å². The zero-order valence-corrected chi connectivity index (χ0v) is 12.8. The number of aromatic carboxylic acids is 1. The number of carboxylic acids is 1. The van der Waals surface area contributed by atoms with Gasteiger partial charge in [0.25, 0.3) is 0 Å². The molecule has 0 saturated carbocycles. The van der Waals surface area contributed by atoms with Crippen LogP contribution in [0.2, 0.25) is 0 Å². The summed E-state index contributed by atoms with van der Waals surface area (Å²) in [4.78, 5) is 11.8. The summed E-state index contributed by atoms with van der Waals surface area (Å²) >= 11 is 0. The second-order valence-corrected chi connectivity index (χ2v) is 5.54. The van der Waals surface area contributed by atoms with Crippen molar-refractivity contribution in [3.05, 3.63) is 84.4 Å². The van der Waals surface area contributed by atoms with E-state index in [1.807, 2.05) is 66.7 Å². The molecule has 116 valence electrons. The second-order valence-electron chi connectivity index (χ2n) is 5.54. The van der Waals surface area contributed by atoms with Gasteiger partial charge in [0.2, 0.25) is 0 Å². The minimum Gasteiger partial charge on any atom is -0.478 e. The maximum absolute atomic E-state index is 11.8. The van der Waals surface area contributed by atoms with Gasteiger partial charge in [-0.15, -0.1) is 0 Å². The van der Waals surface area contributed by atoms with E-state index >= 15 is 0 Å². The van der Waals surface area contributed by atoms with Gasteiger partial charge < -0.3 is 9.84 Å². The molecule has 0 heterocycles. The molecular formula is C21H14O3. The Morgan fingerprint density at radius 3 is 2.04 bits per heavy atom. The number of hydrogen-bond acceptors (Lipinski definition) is 2. The highest BCUT2D eigenvalue weighted by Crippen LogP contribution is 2.34. The Bertz CT molecular complexity index is 1060. The number of carbonyl (C=O) groups is 1. The summed E-state index contributed by atoms with van der Waals surface area (Å²) in [5.41, 5.74) is 0.182. The second kappa shape index (κ2) is 5.70. The number of fused-ring (bicyclic) bond motifs is 2. The summed E-state index contributed by atoms with van der Waals surface area (Å²) in [7, 11) is 0. The Hall–Kier alpha value is -3.33. The molecule has 3 heteroatoms. The molecule has 24 heavy (non-hydrogen) atoms. The zero-order valence-electron chi connectivity index (χ0n) is 12.8. The van der Waals surface area contributed by atoms with Gasteiger partial charge in [-0.05, 0) is 28.3 Å². The van der Waals surface area contributed by atoms with E-state index in [1.54, 1.807) is 12.1 Å². The highest BCUT2D eigenvalue weighted by atomic mass is 16.5. The first-order chi connectivity index (χ1) is 11.7. The van der Waals surface area contributed by atoms with Crippen LogP contribution in [0.5, 0.6) is 11.5 Å². The molecule has 0 atom stereocenters. The third kappa shape index (κ3) is 2.36. The first-order valence-corrected chi connectivity index (χ1v) is 7.65. The smallest absolute Gasteiger partial charge is 0.340 e. The van der Waals surface area contributed by atoms with Gasteiger partial charge in [-0.2, -0.15) is 0 Å². The van der Waals surface area contributed by atoms with E-state index in [2.05, 4.69) is 0 Å². The molecule has 0 aliphatic carbocycles. The topological polar surface area (TPSA) is 46.5 Å². The lowest BCUT2D eigenvalue weighted by Crippen LogP contribution is -2.01. The van der Waals surface area contributed by atoms with Gasteiger partial charge in [0, 0.05) is 5.39 Å². The third-order valence-electron chi connectivity index (χ3n) is 4.07. The number of carboxylic acid groups (broad SMARTS) is 1. The lowest BCUT2D eigenvalue weighted by Gasteiger charge is -2.13. The largest absolute Gasteiger partial charge is 0.478 e. The molecule has 0 aromatic heterocycles. The van der Waals surface area contributed by atoms with Crippen molar-refractivity contribution in [1.29, 1.82) is 0 Å². The number of rotatable bonds is 3. The van der Waals surface area contributed by atoms with E-state index in [-0.39, 0.29) is 5.56 Å². The van der Waals surface area contributed by atoms with E-state index < -0.39 is 5.97 Å². The SMILES string of the molecule is O=C(O)c1c(Oc2cccc3ccccc23)ccc2ccccc12. The molecule has 0 aliphatic heterocycles. The first kappa shape index (κ1) is 14.3. The minimum absolute atomic E-state index is 0.182. The molecule has 0 radical (unpaired) electrons. The van der Waals surface area contributed by atoms with E-state index in [0.29, 0.717) is 16.9 Å². The average molecular weight is 314 g/mol. The molecule has 0 aliphatic rings. The van der Waals surface area contributed by atoms with Crippen LogP contribution in [0.1, 0.15) is 10.4 Å². The van der Waals surface area contributed by atoms with Crippen molar-refractivity contribution in [1.82, 2.24) is 0 Å². The summed E-state index contributed by atoms with van der Waals surface area (Å²) in [6, 6.07) is 24.6. The Labute approximate surface area is 138 Å². The standard InChI is InChI=1S/C21H14O3/c22-21(23)20-17-10-4-2-7-15(17)12-13-19(20)24-18-11-5-8-14-6-1-3-9-16(14)18/h1-13H,(H,22,23). The van der Waals surface area contributed by atoms with Crippen molar-refractivity contribution in [3.63, 3.8) is 0 Å². The van der Waals surface area contributed by atoms with Crippen molar-refractivity contribution in [2.45, 2.75) is 0 Å². The van der Waals surface area contributed by atoms with Gasteiger partial charge in [-0.1, -0.05) is 66.7 Å². The lowest BCUT2D eigenvalue weighted by atomic mass is 10.0. The van der Waals surface area contributed by atoms with Gasteiger partial charge in [0.1, 0.15) is 17.1 Å².